The van der Waals surface area contributed by atoms with E-state index in [9.17, 15) is 0 Å². The van der Waals surface area contributed by atoms with Crippen LogP contribution in [0.2, 0.25) is 0 Å². The SMILES string of the molecule is CCCOCCCNCc1cc2c(cc1Br)OCO2. The van der Waals surface area contributed by atoms with Crippen LogP contribution in [0.3, 0.4) is 0 Å². The molecule has 5 heteroatoms. The fraction of sp³-hybridized carbons (Fsp3) is 0.571. The van der Waals surface area contributed by atoms with E-state index in [4.69, 9.17) is 14.2 Å². The summed E-state index contributed by atoms with van der Waals surface area (Å²) in [6.45, 7) is 5.87. The first-order valence-corrected chi connectivity index (χ1v) is 7.47. The fourth-order valence-electron chi connectivity index (χ4n) is 1.86. The maximum atomic E-state index is 5.43. The summed E-state index contributed by atoms with van der Waals surface area (Å²) in [6.07, 6.45) is 2.11. The van der Waals surface area contributed by atoms with Gasteiger partial charge >= 0.3 is 0 Å². The minimum atomic E-state index is 0.313. The lowest BCUT2D eigenvalue weighted by atomic mass is 10.2. The Kier molecular flexibility index (Phi) is 5.94. The summed E-state index contributed by atoms with van der Waals surface area (Å²) in [7, 11) is 0. The minimum absolute atomic E-state index is 0.313. The second-order valence-corrected chi connectivity index (χ2v) is 5.29. The molecule has 1 N–H and O–H groups in total. The summed E-state index contributed by atoms with van der Waals surface area (Å²) in [5.41, 5.74) is 1.18. The third-order valence-electron chi connectivity index (χ3n) is 2.85. The van der Waals surface area contributed by atoms with E-state index in [1.165, 1.54) is 5.56 Å². The molecule has 0 aromatic heterocycles. The Bertz CT molecular complexity index is 412. The summed E-state index contributed by atoms with van der Waals surface area (Å²) in [5, 5.41) is 3.40. The van der Waals surface area contributed by atoms with Crippen LogP contribution in [0.5, 0.6) is 11.5 Å². The van der Waals surface area contributed by atoms with Crippen LogP contribution in [0.1, 0.15) is 25.3 Å². The molecule has 0 atom stereocenters. The molecule has 0 fully saturated rings. The molecule has 4 nitrogen and oxygen atoms in total. The molecule has 0 aliphatic carbocycles. The first-order valence-electron chi connectivity index (χ1n) is 6.67. The van der Waals surface area contributed by atoms with Gasteiger partial charge in [0.2, 0.25) is 6.79 Å². The predicted molar refractivity (Wildman–Crippen MR) is 77.7 cm³/mol. The Morgan fingerprint density at radius 1 is 1.26 bits per heavy atom. The Labute approximate surface area is 122 Å². The molecule has 1 heterocycles. The van der Waals surface area contributed by atoms with Crippen molar-refractivity contribution >= 4 is 15.9 Å². The first-order chi connectivity index (χ1) is 9.31. The summed E-state index contributed by atoms with van der Waals surface area (Å²) in [5.74, 6) is 1.63. The molecule has 106 valence electrons. The lowest BCUT2D eigenvalue weighted by Gasteiger charge is -2.08. The van der Waals surface area contributed by atoms with Crippen molar-refractivity contribution in [3.8, 4) is 11.5 Å². The van der Waals surface area contributed by atoms with Gasteiger partial charge in [-0.15, -0.1) is 0 Å². The summed E-state index contributed by atoms with van der Waals surface area (Å²) in [4.78, 5) is 0. The van der Waals surface area contributed by atoms with E-state index in [0.29, 0.717) is 6.79 Å². The molecule has 1 aliphatic rings. The van der Waals surface area contributed by atoms with E-state index >= 15 is 0 Å². The predicted octanol–water partition coefficient (Wildman–Crippen LogP) is 3.08. The highest BCUT2D eigenvalue weighted by Crippen LogP contribution is 2.36. The number of ether oxygens (including phenoxy) is 3. The highest BCUT2D eigenvalue weighted by atomic mass is 79.9. The van der Waals surface area contributed by atoms with Crippen LogP contribution in [-0.2, 0) is 11.3 Å². The maximum absolute atomic E-state index is 5.43. The summed E-state index contributed by atoms with van der Waals surface area (Å²) < 4.78 is 17.2. The zero-order chi connectivity index (χ0) is 13.5. The zero-order valence-electron chi connectivity index (χ0n) is 11.2. The zero-order valence-corrected chi connectivity index (χ0v) is 12.8. The van der Waals surface area contributed by atoms with Crippen molar-refractivity contribution in [3.63, 3.8) is 0 Å². The molecule has 0 saturated carbocycles. The van der Waals surface area contributed by atoms with Crippen molar-refractivity contribution < 1.29 is 14.2 Å². The molecule has 1 aromatic carbocycles. The molecule has 0 spiro atoms. The Balaban J connectivity index is 1.71. The molecule has 0 unspecified atom stereocenters. The minimum Gasteiger partial charge on any atom is -0.454 e. The highest BCUT2D eigenvalue weighted by Gasteiger charge is 2.15. The number of hydrogen-bond donors (Lipinski definition) is 1. The maximum Gasteiger partial charge on any atom is 0.231 e. The van der Waals surface area contributed by atoms with Gasteiger partial charge in [-0.2, -0.15) is 0 Å². The number of fused-ring (bicyclic) bond motifs is 1. The van der Waals surface area contributed by atoms with Gasteiger partial charge in [-0.05, 0) is 37.1 Å². The third-order valence-corrected chi connectivity index (χ3v) is 3.59. The third kappa shape index (κ3) is 4.37. The van der Waals surface area contributed by atoms with E-state index in [2.05, 4.69) is 28.2 Å². The summed E-state index contributed by atoms with van der Waals surface area (Å²) in [6, 6.07) is 3.98. The molecule has 0 saturated heterocycles. The van der Waals surface area contributed by atoms with Crippen LogP contribution in [0, 0.1) is 0 Å². The van der Waals surface area contributed by atoms with Crippen molar-refractivity contribution in [1.29, 1.82) is 0 Å². The largest absolute Gasteiger partial charge is 0.454 e. The lowest BCUT2D eigenvalue weighted by molar-refractivity contribution is 0.132. The second kappa shape index (κ2) is 7.72. The normalized spacial score (nSPS) is 12.9. The van der Waals surface area contributed by atoms with Crippen LogP contribution in [0.25, 0.3) is 0 Å². The number of benzene rings is 1. The van der Waals surface area contributed by atoms with Crippen LogP contribution in [-0.4, -0.2) is 26.6 Å². The van der Waals surface area contributed by atoms with Gasteiger partial charge < -0.3 is 19.5 Å². The van der Waals surface area contributed by atoms with Gasteiger partial charge in [0, 0.05) is 24.2 Å². The average Bonchev–Trinajstić information content (AvgIpc) is 2.84. The Morgan fingerprint density at radius 2 is 2.05 bits per heavy atom. The smallest absolute Gasteiger partial charge is 0.231 e. The molecule has 0 amide bonds. The quantitative estimate of drug-likeness (QED) is 0.744. The van der Waals surface area contributed by atoms with Gasteiger partial charge in [-0.3, -0.25) is 0 Å². The van der Waals surface area contributed by atoms with Gasteiger partial charge in [-0.25, -0.2) is 0 Å². The van der Waals surface area contributed by atoms with Gasteiger partial charge in [0.15, 0.2) is 11.5 Å². The van der Waals surface area contributed by atoms with E-state index in [0.717, 1.165) is 55.1 Å². The van der Waals surface area contributed by atoms with Gasteiger partial charge in [0.25, 0.3) is 0 Å². The fourth-order valence-corrected chi connectivity index (χ4v) is 2.33. The number of nitrogens with one attached hydrogen (secondary N) is 1. The standard InChI is InChI=1S/C14H20BrNO3/c1-2-5-17-6-3-4-16-9-11-7-13-14(8-12(11)15)19-10-18-13/h7-8,16H,2-6,9-10H2,1H3. The number of hydrogen-bond acceptors (Lipinski definition) is 4. The second-order valence-electron chi connectivity index (χ2n) is 4.44. The molecular formula is C14H20BrNO3. The number of halogens is 1. The molecule has 0 radical (unpaired) electrons. The lowest BCUT2D eigenvalue weighted by Crippen LogP contribution is -2.16. The highest BCUT2D eigenvalue weighted by molar-refractivity contribution is 9.10. The molecule has 2 rings (SSSR count). The van der Waals surface area contributed by atoms with E-state index in [1.54, 1.807) is 0 Å². The molecular weight excluding hydrogens is 310 g/mol. The van der Waals surface area contributed by atoms with Gasteiger partial charge in [0.05, 0.1) is 0 Å². The Morgan fingerprint density at radius 3 is 2.84 bits per heavy atom. The van der Waals surface area contributed by atoms with Crippen LogP contribution in [0.15, 0.2) is 16.6 Å². The van der Waals surface area contributed by atoms with E-state index in [1.807, 2.05) is 12.1 Å². The van der Waals surface area contributed by atoms with Crippen molar-refractivity contribution in [2.45, 2.75) is 26.3 Å². The molecule has 1 aromatic rings. The summed E-state index contributed by atoms with van der Waals surface area (Å²) >= 11 is 3.55. The van der Waals surface area contributed by atoms with Crippen molar-refractivity contribution in [1.82, 2.24) is 5.32 Å². The Hall–Kier alpha value is -0.780. The average molecular weight is 330 g/mol. The van der Waals surface area contributed by atoms with Crippen molar-refractivity contribution in [3.05, 3.63) is 22.2 Å². The van der Waals surface area contributed by atoms with Crippen LogP contribution < -0.4 is 14.8 Å². The topological polar surface area (TPSA) is 39.7 Å². The monoisotopic (exact) mass is 329 g/mol. The van der Waals surface area contributed by atoms with Gasteiger partial charge in [0.1, 0.15) is 0 Å². The van der Waals surface area contributed by atoms with E-state index < -0.39 is 0 Å². The number of rotatable bonds is 8. The molecule has 19 heavy (non-hydrogen) atoms. The van der Waals surface area contributed by atoms with Gasteiger partial charge in [-0.1, -0.05) is 22.9 Å². The van der Waals surface area contributed by atoms with Crippen molar-refractivity contribution in [2.75, 3.05) is 26.6 Å². The van der Waals surface area contributed by atoms with Crippen LogP contribution >= 0.6 is 15.9 Å². The van der Waals surface area contributed by atoms with Crippen molar-refractivity contribution in [2.24, 2.45) is 0 Å². The van der Waals surface area contributed by atoms with E-state index in [-0.39, 0.29) is 0 Å². The molecule has 0 bridgehead atoms. The molecule has 1 aliphatic heterocycles. The first kappa shape index (κ1) is 14.6. The van der Waals surface area contributed by atoms with Crippen LogP contribution in [0.4, 0.5) is 0 Å².